The Labute approximate surface area is 102 Å². The highest BCUT2D eigenvalue weighted by Crippen LogP contribution is 2.25. The lowest BCUT2D eigenvalue weighted by Gasteiger charge is -2.24. The molecule has 0 aromatic heterocycles. The second kappa shape index (κ2) is 6.50. The molecule has 4 heteroatoms. The Hall–Kier alpha value is -0.220. The van der Waals surface area contributed by atoms with E-state index in [9.17, 15) is 4.79 Å². The van der Waals surface area contributed by atoms with Gasteiger partial charge in [0.25, 0.3) is 0 Å². The zero-order valence-corrected chi connectivity index (χ0v) is 11.1. The lowest BCUT2D eigenvalue weighted by atomic mass is 9.94. The zero-order valence-electron chi connectivity index (χ0n) is 10.3. The Balaban J connectivity index is 2.19. The van der Waals surface area contributed by atoms with Gasteiger partial charge in [-0.05, 0) is 30.3 Å². The van der Waals surface area contributed by atoms with Gasteiger partial charge in [0, 0.05) is 25.0 Å². The van der Waals surface area contributed by atoms with Crippen molar-refractivity contribution in [3.63, 3.8) is 0 Å². The van der Waals surface area contributed by atoms with Gasteiger partial charge in [0.15, 0.2) is 0 Å². The van der Waals surface area contributed by atoms with Crippen molar-refractivity contribution in [2.24, 2.45) is 11.3 Å². The SMILES string of the molecule is CC(C)(CO)CNC(=O)CC1CCSCC1. The third-order valence-electron chi connectivity index (χ3n) is 3.01. The van der Waals surface area contributed by atoms with Gasteiger partial charge in [0.2, 0.25) is 5.91 Å². The first-order valence-corrected chi connectivity index (χ1v) is 7.14. The van der Waals surface area contributed by atoms with E-state index < -0.39 is 0 Å². The minimum Gasteiger partial charge on any atom is -0.396 e. The highest BCUT2D eigenvalue weighted by molar-refractivity contribution is 7.99. The molecule has 0 spiro atoms. The van der Waals surface area contributed by atoms with Crippen LogP contribution in [0.25, 0.3) is 0 Å². The molecule has 1 heterocycles. The van der Waals surface area contributed by atoms with Crippen LogP contribution in [0.4, 0.5) is 0 Å². The smallest absolute Gasteiger partial charge is 0.220 e. The summed E-state index contributed by atoms with van der Waals surface area (Å²) in [6.07, 6.45) is 2.99. The zero-order chi connectivity index (χ0) is 12.0. The number of nitrogens with one attached hydrogen (secondary N) is 1. The Kier molecular flexibility index (Phi) is 5.62. The van der Waals surface area contributed by atoms with Crippen molar-refractivity contribution < 1.29 is 9.90 Å². The van der Waals surface area contributed by atoms with Crippen LogP contribution >= 0.6 is 11.8 Å². The molecule has 0 bridgehead atoms. The molecule has 0 radical (unpaired) electrons. The van der Waals surface area contributed by atoms with E-state index >= 15 is 0 Å². The number of carbonyl (C=O) groups is 1. The maximum absolute atomic E-state index is 11.7. The Morgan fingerprint density at radius 3 is 2.62 bits per heavy atom. The second-order valence-corrected chi connectivity index (χ2v) is 6.58. The van der Waals surface area contributed by atoms with Crippen molar-refractivity contribution in [2.45, 2.75) is 33.1 Å². The van der Waals surface area contributed by atoms with E-state index in [0.717, 1.165) is 0 Å². The van der Waals surface area contributed by atoms with Crippen LogP contribution in [0.15, 0.2) is 0 Å². The summed E-state index contributed by atoms with van der Waals surface area (Å²) in [6.45, 7) is 4.56. The molecule has 1 amide bonds. The van der Waals surface area contributed by atoms with Gasteiger partial charge in [-0.1, -0.05) is 13.8 Å². The van der Waals surface area contributed by atoms with Crippen LogP contribution in [-0.2, 0) is 4.79 Å². The lowest BCUT2D eigenvalue weighted by molar-refractivity contribution is -0.122. The van der Waals surface area contributed by atoms with Crippen molar-refractivity contribution in [2.75, 3.05) is 24.7 Å². The summed E-state index contributed by atoms with van der Waals surface area (Å²) < 4.78 is 0. The topological polar surface area (TPSA) is 49.3 Å². The van der Waals surface area contributed by atoms with Crippen LogP contribution in [0.5, 0.6) is 0 Å². The quantitative estimate of drug-likeness (QED) is 0.774. The van der Waals surface area contributed by atoms with Crippen molar-refractivity contribution in [3.8, 4) is 0 Å². The highest BCUT2D eigenvalue weighted by atomic mass is 32.2. The first-order chi connectivity index (χ1) is 7.53. The van der Waals surface area contributed by atoms with E-state index in [-0.39, 0.29) is 17.9 Å². The van der Waals surface area contributed by atoms with Gasteiger partial charge < -0.3 is 10.4 Å². The highest BCUT2D eigenvalue weighted by Gasteiger charge is 2.20. The van der Waals surface area contributed by atoms with Crippen molar-refractivity contribution in [1.82, 2.24) is 5.32 Å². The maximum atomic E-state index is 11.7. The molecule has 0 aromatic rings. The molecule has 2 N–H and O–H groups in total. The standard InChI is InChI=1S/C12H23NO2S/c1-12(2,9-14)8-13-11(15)7-10-3-5-16-6-4-10/h10,14H,3-9H2,1-2H3,(H,13,15). The van der Waals surface area contributed by atoms with Crippen LogP contribution in [0.3, 0.4) is 0 Å². The van der Waals surface area contributed by atoms with Crippen LogP contribution in [0.2, 0.25) is 0 Å². The summed E-state index contributed by atoms with van der Waals surface area (Å²) in [5.74, 6) is 3.09. The van der Waals surface area contributed by atoms with Crippen molar-refractivity contribution in [3.05, 3.63) is 0 Å². The predicted octanol–water partition coefficient (Wildman–Crippen LogP) is 1.65. The summed E-state index contributed by atoms with van der Waals surface area (Å²) in [7, 11) is 0. The Morgan fingerprint density at radius 2 is 2.06 bits per heavy atom. The van der Waals surface area contributed by atoms with Gasteiger partial charge in [-0.15, -0.1) is 0 Å². The molecule has 1 fully saturated rings. The number of aliphatic hydroxyl groups is 1. The first-order valence-electron chi connectivity index (χ1n) is 5.99. The summed E-state index contributed by atoms with van der Waals surface area (Å²) >= 11 is 1.98. The van der Waals surface area contributed by atoms with Crippen molar-refractivity contribution >= 4 is 17.7 Å². The first kappa shape index (κ1) is 13.8. The molecule has 1 rings (SSSR count). The monoisotopic (exact) mass is 245 g/mol. The van der Waals surface area contributed by atoms with E-state index in [2.05, 4.69) is 5.32 Å². The van der Waals surface area contributed by atoms with E-state index in [1.165, 1.54) is 24.3 Å². The Morgan fingerprint density at radius 1 is 1.44 bits per heavy atom. The van der Waals surface area contributed by atoms with Crippen LogP contribution in [0, 0.1) is 11.3 Å². The van der Waals surface area contributed by atoms with Gasteiger partial charge in [0.05, 0.1) is 0 Å². The molecule has 3 nitrogen and oxygen atoms in total. The number of amides is 1. The molecule has 1 saturated heterocycles. The fourth-order valence-electron chi connectivity index (χ4n) is 1.68. The number of rotatable bonds is 5. The van der Waals surface area contributed by atoms with E-state index in [0.29, 0.717) is 18.9 Å². The lowest BCUT2D eigenvalue weighted by Crippen LogP contribution is -2.37. The molecule has 0 aliphatic carbocycles. The van der Waals surface area contributed by atoms with Gasteiger partial charge in [0.1, 0.15) is 0 Å². The molecule has 0 atom stereocenters. The number of thioether (sulfide) groups is 1. The molecule has 0 aromatic carbocycles. The molecule has 94 valence electrons. The minimum atomic E-state index is -0.210. The summed E-state index contributed by atoms with van der Waals surface area (Å²) in [5, 5.41) is 12.0. The second-order valence-electron chi connectivity index (χ2n) is 5.36. The largest absolute Gasteiger partial charge is 0.396 e. The average Bonchev–Trinajstić information content (AvgIpc) is 2.28. The molecule has 16 heavy (non-hydrogen) atoms. The number of hydrogen-bond donors (Lipinski definition) is 2. The van der Waals surface area contributed by atoms with Gasteiger partial charge >= 0.3 is 0 Å². The number of carbonyl (C=O) groups excluding carboxylic acids is 1. The van der Waals surface area contributed by atoms with Gasteiger partial charge in [-0.25, -0.2) is 0 Å². The molecule has 1 aliphatic heterocycles. The summed E-state index contributed by atoms with van der Waals surface area (Å²) in [5.41, 5.74) is -0.210. The van der Waals surface area contributed by atoms with Crippen LogP contribution in [0.1, 0.15) is 33.1 Å². The molecule has 0 unspecified atom stereocenters. The Bertz CT molecular complexity index is 225. The molecule has 0 saturated carbocycles. The van der Waals surface area contributed by atoms with Crippen LogP contribution < -0.4 is 5.32 Å². The van der Waals surface area contributed by atoms with Gasteiger partial charge in [-0.2, -0.15) is 11.8 Å². The molecular formula is C12H23NO2S. The fraction of sp³-hybridized carbons (Fsp3) is 0.917. The van der Waals surface area contributed by atoms with E-state index in [1.54, 1.807) is 0 Å². The number of hydrogen-bond acceptors (Lipinski definition) is 3. The van der Waals surface area contributed by atoms with Gasteiger partial charge in [-0.3, -0.25) is 4.79 Å². The molecule has 1 aliphatic rings. The van der Waals surface area contributed by atoms with E-state index in [1.807, 2.05) is 25.6 Å². The fourth-order valence-corrected chi connectivity index (χ4v) is 2.88. The third-order valence-corrected chi connectivity index (χ3v) is 4.06. The van der Waals surface area contributed by atoms with E-state index in [4.69, 9.17) is 5.11 Å². The molecular weight excluding hydrogens is 222 g/mol. The number of aliphatic hydroxyl groups excluding tert-OH is 1. The third kappa shape index (κ3) is 5.21. The van der Waals surface area contributed by atoms with Crippen molar-refractivity contribution in [1.29, 1.82) is 0 Å². The normalized spacial score (nSPS) is 18.4. The minimum absolute atomic E-state index is 0.105. The predicted molar refractivity (Wildman–Crippen MR) is 68.5 cm³/mol. The summed E-state index contributed by atoms with van der Waals surface area (Å²) in [6, 6.07) is 0. The average molecular weight is 245 g/mol. The summed E-state index contributed by atoms with van der Waals surface area (Å²) in [4.78, 5) is 11.7. The maximum Gasteiger partial charge on any atom is 0.220 e. The van der Waals surface area contributed by atoms with Crippen LogP contribution in [-0.4, -0.2) is 35.7 Å².